The molecule has 1 aliphatic rings. The van der Waals surface area contributed by atoms with E-state index in [0.29, 0.717) is 36.3 Å². The number of H-pyrrole nitrogens is 1. The van der Waals surface area contributed by atoms with Crippen LogP contribution in [0.15, 0.2) is 30.6 Å². The maximum atomic E-state index is 11.4. The number of aliphatic carboxylic acids is 1. The zero-order valence-electron chi connectivity index (χ0n) is 12.2. The quantitative estimate of drug-likeness (QED) is 0.664. The van der Waals surface area contributed by atoms with Crippen LogP contribution in [-0.4, -0.2) is 48.2 Å². The van der Waals surface area contributed by atoms with Crippen molar-refractivity contribution in [3.8, 4) is 0 Å². The Bertz CT molecular complexity index is 842. The highest BCUT2D eigenvalue weighted by atomic mass is 16.4. The molecule has 1 saturated heterocycles. The first-order chi connectivity index (χ1) is 11.2. The van der Waals surface area contributed by atoms with Gasteiger partial charge in [0.2, 0.25) is 11.9 Å². The van der Waals surface area contributed by atoms with Gasteiger partial charge < -0.3 is 15.3 Å². The van der Waals surface area contributed by atoms with Crippen molar-refractivity contribution >= 4 is 29.3 Å². The van der Waals surface area contributed by atoms with Gasteiger partial charge in [0, 0.05) is 18.8 Å². The van der Waals surface area contributed by atoms with Crippen molar-refractivity contribution < 1.29 is 9.90 Å². The predicted molar refractivity (Wildman–Crippen MR) is 82.9 cm³/mol. The zero-order valence-corrected chi connectivity index (χ0v) is 12.2. The monoisotopic (exact) mass is 313 g/mol. The number of fused-ring (bicyclic) bond motifs is 1. The van der Waals surface area contributed by atoms with Crippen LogP contribution in [0.25, 0.3) is 5.65 Å². The van der Waals surface area contributed by atoms with Gasteiger partial charge in [0.05, 0.1) is 6.20 Å². The van der Waals surface area contributed by atoms with E-state index in [1.807, 2.05) is 18.3 Å². The van der Waals surface area contributed by atoms with E-state index in [4.69, 9.17) is 0 Å². The molecule has 23 heavy (non-hydrogen) atoms. The summed E-state index contributed by atoms with van der Waals surface area (Å²) in [4.78, 5) is 22.2. The zero-order chi connectivity index (χ0) is 15.8. The summed E-state index contributed by atoms with van der Waals surface area (Å²) in [5, 5.41) is 19.2. The van der Waals surface area contributed by atoms with Crippen LogP contribution in [-0.2, 0) is 4.79 Å². The highest BCUT2D eigenvalue weighted by Crippen LogP contribution is 2.25. The number of carbonyl (C=O) groups is 1. The fraction of sp³-hybridized carbons (Fsp3) is 0.286. The minimum atomic E-state index is -0.843. The van der Waals surface area contributed by atoms with Crippen LogP contribution < -0.4 is 10.2 Å². The summed E-state index contributed by atoms with van der Waals surface area (Å²) in [6.45, 7) is 0.636. The van der Waals surface area contributed by atoms with Gasteiger partial charge in [0.25, 0.3) is 0 Å². The Morgan fingerprint density at radius 2 is 2.30 bits per heavy atom. The fourth-order valence-corrected chi connectivity index (χ4v) is 2.84. The van der Waals surface area contributed by atoms with Crippen molar-refractivity contribution in [2.24, 2.45) is 0 Å². The second kappa shape index (κ2) is 5.27. The van der Waals surface area contributed by atoms with Crippen molar-refractivity contribution in [1.82, 2.24) is 24.6 Å². The highest BCUT2D eigenvalue weighted by Gasteiger charge is 2.32. The third-order valence-corrected chi connectivity index (χ3v) is 3.92. The lowest BCUT2D eigenvalue weighted by Gasteiger charge is -2.22. The topological polar surface area (TPSA) is 111 Å². The Morgan fingerprint density at radius 3 is 3.09 bits per heavy atom. The molecule has 0 unspecified atom stereocenters. The molecule has 1 aliphatic heterocycles. The molecule has 9 heteroatoms. The molecule has 1 atom stereocenters. The SMILES string of the molecule is O=C(O)[C@@H]1CCCN1c1nc(Nc2ccn[nH]2)n2cccc2n1. The second-order valence-corrected chi connectivity index (χ2v) is 5.37. The minimum absolute atomic E-state index is 0.420. The van der Waals surface area contributed by atoms with Crippen molar-refractivity contribution in [2.75, 3.05) is 16.8 Å². The number of hydrogen-bond acceptors (Lipinski definition) is 6. The van der Waals surface area contributed by atoms with Gasteiger partial charge in [-0.15, -0.1) is 0 Å². The van der Waals surface area contributed by atoms with Crippen LogP contribution in [0.1, 0.15) is 12.8 Å². The third-order valence-electron chi connectivity index (χ3n) is 3.92. The first-order valence-corrected chi connectivity index (χ1v) is 7.33. The van der Waals surface area contributed by atoms with Crippen molar-refractivity contribution in [3.05, 3.63) is 30.6 Å². The van der Waals surface area contributed by atoms with E-state index >= 15 is 0 Å². The maximum Gasteiger partial charge on any atom is 0.326 e. The lowest BCUT2D eigenvalue weighted by Crippen LogP contribution is -2.37. The molecule has 0 aromatic carbocycles. The molecule has 4 rings (SSSR count). The number of nitrogens with zero attached hydrogens (tertiary/aromatic N) is 5. The average Bonchev–Trinajstić information content (AvgIpc) is 3.28. The summed E-state index contributed by atoms with van der Waals surface area (Å²) in [7, 11) is 0. The van der Waals surface area contributed by atoms with Gasteiger partial charge in [0.15, 0.2) is 0 Å². The average molecular weight is 313 g/mol. The molecule has 0 saturated carbocycles. The van der Waals surface area contributed by atoms with Crippen molar-refractivity contribution in [1.29, 1.82) is 0 Å². The van der Waals surface area contributed by atoms with Crippen LogP contribution in [0.5, 0.6) is 0 Å². The van der Waals surface area contributed by atoms with Crippen molar-refractivity contribution in [3.63, 3.8) is 0 Å². The second-order valence-electron chi connectivity index (χ2n) is 5.37. The molecular weight excluding hydrogens is 298 g/mol. The molecule has 3 aromatic rings. The highest BCUT2D eigenvalue weighted by molar-refractivity contribution is 5.78. The number of hydrogen-bond donors (Lipinski definition) is 3. The molecule has 0 amide bonds. The predicted octanol–water partition coefficient (Wildman–Crippen LogP) is 1.25. The van der Waals surface area contributed by atoms with Gasteiger partial charge in [-0.3, -0.25) is 9.50 Å². The van der Waals surface area contributed by atoms with Gasteiger partial charge in [-0.25, -0.2) is 4.79 Å². The molecule has 9 nitrogen and oxygen atoms in total. The number of aromatic amines is 1. The molecule has 0 radical (unpaired) electrons. The Morgan fingerprint density at radius 1 is 1.39 bits per heavy atom. The van der Waals surface area contributed by atoms with Gasteiger partial charge in [0.1, 0.15) is 17.5 Å². The van der Waals surface area contributed by atoms with E-state index in [2.05, 4.69) is 25.5 Å². The van der Waals surface area contributed by atoms with Crippen LogP contribution in [0.3, 0.4) is 0 Å². The fourth-order valence-electron chi connectivity index (χ4n) is 2.84. The van der Waals surface area contributed by atoms with E-state index in [-0.39, 0.29) is 0 Å². The summed E-state index contributed by atoms with van der Waals surface area (Å²) in [5.74, 6) is 0.823. The van der Waals surface area contributed by atoms with E-state index in [1.165, 1.54) is 0 Å². The largest absolute Gasteiger partial charge is 0.480 e. The van der Waals surface area contributed by atoms with Gasteiger partial charge in [-0.2, -0.15) is 15.1 Å². The molecule has 3 N–H and O–H groups in total. The van der Waals surface area contributed by atoms with Gasteiger partial charge in [-0.1, -0.05) is 0 Å². The maximum absolute atomic E-state index is 11.4. The Balaban J connectivity index is 1.77. The first kappa shape index (κ1) is 13.6. The normalized spacial score (nSPS) is 17.7. The van der Waals surface area contributed by atoms with E-state index in [0.717, 1.165) is 6.42 Å². The lowest BCUT2D eigenvalue weighted by atomic mass is 10.2. The number of anilines is 3. The van der Waals surface area contributed by atoms with E-state index in [1.54, 1.807) is 21.6 Å². The number of carboxylic acids is 1. The number of aromatic nitrogens is 5. The van der Waals surface area contributed by atoms with Crippen LogP contribution in [0.2, 0.25) is 0 Å². The third kappa shape index (κ3) is 2.35. The molecule has 0 aliphatic carbocycles. The molecular formula is C14H15N7O2. The van der Waals surface area contributed by atoms with Crippen molar-refractivity contribution in [2.45, 2.75) is 18.9 Å². The standard InChI is InChI=1S/C14H15N7O2/c22-12(23)9-3-1-7-20(9)14-17-11-4-2-8-21(11)13(18-14)16-10-5-6-15-19-10/h2,4-6,8-9H,1,3,7H2,(H,22,23)(H2,15,16,17,18,19)/t9-/m0/s1. The molecule has 0 spiro atoms. The molecule has 3 aromatic heterocycles. The molecule has 118 valence electrons. The van der Waals surface area contributed by atoms with Gasteiger partial charge >= 0.3 is 5.97 Å². The Labute approximate surface area is 131 Å². The van der Waals surface area contributed by atoms with Crippen LogP contribution in [0.4, 0.5) is 17.7 Å². The molecule has 1 fully saturated rings. The van der Waals surface area contributed by atoms with Crippen LogP contribution >= 0.6 is 0 Å². The summed E-state index contributed by atoms with van der Waals surface area (Å²) >= 11 is 0. The summed E-state index contributed by atoms with van der Waals surface area (Å²) in [6, 6.07) is 4.93. The number of rotatable bonds is 4. The Hall–Kier alpha value is -3.10. The Kier molecular flexibility index (Phi) is 3.11. The number of carboxylic acid groups (broad SMARTS) is 1. The van der Waals surface area contributed by atoms with Crippen LogP contribution in [0, 0.1) is 0 Å². The summed E-state index contributed by atoms with van der Waals surface area (Å²) < 4.78 is 1.80. The molecule has 0 bridgehead atoms. The minimum Gasteiger partial charge on any atom is -0.480 e. The molecule has 4 heterocycles. The smallest absolute Gasteiger partial charge is 0.326 e. The first-order valence-electron chi connectivity index (χ1n) is 7.33. The number of nitrogens with one attached hydrogen (secondary N) is 2. The van der Waals surface area contributed by atoms with E-state index < -0.39 is 12.0 Å². The van der Waals surface area contributed by atoms with Gasteiger partial charge in [-0.05, 0) is 25.0 Å². The summed E-state index contributed by atoms with van der Waals surface area (Å²) in [5.41, 5.74) is 0.702. The lowest BCUT2D eigenvalue weighted by molar-refractivity contribution is -0.138. The summed E-state index contributed by atoms with van der Waals surface area (Å²) in [6.07, 6.45) is 4.90. The van der Waals surface area contributed by atoms with E-state index in [9.17, 15) is 9.90 Å².